The molecular weight excluding hydrogens is 1610 g/mol. The molecule has 0 N–H and O–H groups in total. The van der Waals surface area contributed by atoms with Crippen LogP contribution in [0.1, 0.15) is 222 Å². The predicted molar refractivity (Wildman–Crippen MR) is 496 cm³/mol. The van der Waals surface area contributed by atoms with Gasteiger partial charge in [0.25, 0.3) is 0 Å². The van der Waals surface area contributed by atoms with E-state index >= 15 is 9.59 Å². The zero-order chi connectivity index (χ0) is 91.6. The zero-order valence-electron chi connectivity index (χ0n) is 81.4. The van der Waals surface area contributed by atoms with Gasteiger partial charge in [0, 0.05) is 104 Å². The largest absolute Gasteiger partial charge is 0.497 e. The third-order valence-electron chi connectivity index (χ3n) is 26.6. The molecule has 4 bridgehead atoms. The summed E-state index contributed by atoms with van der Waals surface area (Å²) in [4.78, 5) is 41.3. The first-order valence-corrected chi connectivity index (χ1v) is 55.6. The Bertz CT molecular complexity index is 3590. The summed E-state index contributed by atoms with van der Waals surface area (Å²) in [6.45, 7) is 58.4. The van der Waals surface area contributed by atoms with Gasteiger partial charge >= 0.3 is 11.9 Å². The van der Waals surface area contributed by atoms with Gasteiger partial charge in [-0.05, 0) is 121 Å². The van der Waals surface area contributed by atoms with E-state index in [1.54, 1.807) is 69.4 Å². The van der Waals surface area contributed by atoms with Crippen LogP contribution in [-0.2, 0) is 101 Å². The van der Waals surface area contributed by atoms with Crippen LogP contribution in [-0.4, -0.2) is 186 Å². The Kier molecular flexibility index (Phi) is 41.9. The van der Waals surface area contributed by atoms with Gasteiger partial charge in [-0.2, -0.15) is 0 Å². The fourth-order valence-electron chi connectivity index (χ4n) is 13.7. The minimum absolute atomic E-state index is 0.0550. The zero-order valence-corrected chi connectivity index (χ0v) is 85.4. The van der Waals surface area contributed by atoms with Crippen LogP contribution in [0.4, 0.5) is 0 Å². The van der Waals surface area contributed by atoms with Crippen molar-refractivity contribution in [3.63, 3.8) is 0 Å². The second-order valence-corrected chi connectivity index (χ2v) is 59.8. The van der Waals surface area contributed by atoms with Gasteiger partial charge in [0.15, 0.2) is 45.1 Å². The quantitative estimate of drug-likeness (QED) is 0.0348. The fourth-order valence-corrected chi connectivity index (χ4v) is 19.4. The average Bonchev–Trinajstić information content (AvgIpc) is 1.19. The Morgan fingerprint density at radius 1 is 0.443 bits per heavy atom. The van der Waals surface area contributed by atoms with E-state index in [0.717, 1.165) is 22.6 Å². The summed E-state index contributed by atoms with van der Waals surface area (Å²) in [5.74, 6) is 1.32. The molecule has 122 heavy (non-hydrogen) atoms. The molecule has 1 aliphatic heterocycles. The predicted octanol–water partition coefficient (Wildman–Crippen LogP) is 22.4. The number of hydrogen-bond donors (Lipinski definition) is 0. The van der Waals surface area contributed by atoms with Gasteiger partial charge in [-0.3, -0.25) is 9.59 Å². The van der Waals surface area contributed by atoms with Crippen molar-refractivity contribution >= 4 is 45.2 Å². The number of ether oxygens (including phenoxy) is 12. The van der Waals surface area contributed by atoms with E-state index in [1.807, 2.05) is 97.1 Å². The third kappa shape index (κ3) is 32.8. The number of esters is 2. The van der Waals surface area contributed by atoms with E-state index in [1.165, 1.54) is 0 Å². The Labute approximate surface area is 739 Å². The van der Waals surface area contributed by atoms with Gasteiger partial charge < -0.3 is 83.4 Å². The molecule has 5 rings (SSSR count). The summed E-state index contributed by atoms with van der Waals surface area (Å²) < 4.78 is 118. The van der Waals surface area contributed by atoms with E-state index in [-0.39, 0.29) is 57.7 Å². The number of oxazole rings is 2. The monoisotopic (exact) mass is 1780 g/mol. The van der Waals surface area contributed by atoms with Crippen molar-refractivity contribution in [1.29, 1.82) is 0 Å². The maximum absolute atomic E-state index is 15.5. The summed E-state index contributed by atoms with van der Waals surface area (Å²) in [7, 11) is 3.04. The van der Waals surface area contributed by atoms with Gasteiger partial charge in [-0.15, -0.1) is 0 Å². The molecule has 2 aromatic heterocycles. The summed E-state index contributed by atoms with van der Waals surface area (Å²) in [5.41, 5.74) is 1.42. The van der Waals surface area contributed by atoms with Crippen LogP contribution >= 0.6 is 0 Å². The lowest BCUT2D eigenvalue weighted by molar-refractivity contribution is -0.168. The van der Waals surface area contributed by atoms with Gasteiger partial charge in [0.2, 0.25) is 0 Å². The van der Waals surface area contributed by atoms with Crippen molar-refractivity contribution in [2.75, 3.05) is 70.1 Å². The van der Waals surface area contributed by atoms with Crippen LogP contribution in [0.25, 0.3) is 0 Å². The molecule has 1 aliphatic rings. The SMILES string of the molecule is COc1ccc(COC[C@H](C)[C@H](CC2OC(=O)CC(O[Si](C)(C)C(C)(C)C)CC(OC)/C=C/C=C/CC(OC)c3coc(n3)C[C@H](O[Si](C)(C)C(C)(C)C)C(C)(C)C(C[C@H](OC)[C@@H](C)COCc3ccc(OC)cc3)OC(=O)CC(O[Si](C)(C)C(C)(C)C)CC(OC)/C=C/C=C/CC(OC)c3coc(n3)C[C@H](O[Si](C)(C)C(C)(C)C)C2(C)C)OC)cc1. The molecule has 2 aromatic carbocycles. The molecule has 22 nitrogen and oxygen atoms in total. The van der Waals surface area contributed by atoms with Crippen molar-refractivity contribution in [1.82, 2.24) is 9.97 Å². The molecule has 14 atom stereocenters. The van der Waals surface area contributed by atoms with E-state index in [9.17, 15) is 0 Å². The minimum Gasteiger partial charge on any atom is -0.497 e. The lowest BCUT2D eigenvalue weighted by Crippen LogP contribution is -2.53. The Balaban J connectivity index is 1.68. The van der Waals surface area contributed by atoms with E-state index in [0.29, 0.717) is 88.1 Å². The Morgan fingerprint density at radius 3 is 1.05 bits per heavy atom. The molecule has 3 heterocycles. The summed E-state index contributed by atoms with van der Waals surface area (Å²) in [5, 5.41) is -0.822. The Morgan fingerprint density at radius 2 is 0.762 bits per heavy atom. The number of fused-ring (bicyclic) bond motifs is 4. The molecule has 0 fully saturated rings. The Hall–Kier alpha value is -5.25. The smallest absolute Gasteiger partial charge is 0.308 e. The highest BCUT2D eigenvalue weighted by Gasteiger charge is 2.52. The van der Waals surface area contributed by atoms with Crippen LogP contribution < -0.4 is 9.47 Å². The first kappa shape index (κ1) is 107. The third-order valence-corrected chi connectivity index (χ3v) is 44.6. The molecule has 4 aromatic rings. The van der Waals surface area contributed by atoms with Crippen molar-refractivity contribution in [2.24, 2.45) is 22.7 Å². The maximum atomic E-state index is 15.5. The number of benzene rings is 2. The molecule has 0 radical (unpaired) electrons. The number of aromatic nitrogens is 2. The lowest BCUT2D eigenvalue weighted by atomic mass is 9.76. The second kappa shape index (κ2) is 47.7. The van der Waals surface area contributed by atoms with Crippen LogP contribution in [0.15, 0.2) is 118 Å². The van der Waals surface area contributed by atoms with Crippen LogP contribution in [0.5, 0.6) is 11.5 Å². The summed E-state index contributed by atoms with van der Waals surface area (Å²) in [6, 6.07) is 15.7. The minimum atomic E-state index is -2.62. The van der Waals surface area contributed by atoms with Crippen LogP contribution in [0.2, 0.25) is 72.5 Å². The fraction of sp³-hybridized carbons (Fsp3) is 0.708. The molecule has 0 saturated heterocycles. The topological polar surface area (TPSA) is 234 Å². The normalized spacial score (nSPS) is 24.7. The molecule has 0 aliphatic carbocycles. The van der Waals surface area contributed by atoms with E-state index < -0.39 is 129 Å². The summed E-state index contributed by atoms with van der Waals surface area (Å²) >= 11 is 0. The maximum Gasteiger partial charge on any atom is 0.308 e. The highest BCUT2D eigenvalue weighted by Crippen LogP contribution is 2.47. The number of allylic oxidation sites excluding steroid dienone is 4. The number of carbonyl (C=O) groups is 2. The first-order chi connectivity index (χ1) is 56.7. The van der Waals surface area contributed by atoms with Crippen molar-refractivity contribution in [3.8, 4) is 11.5 Å². The van der Waals surface area contributed by atoms with Crippen LogP contribution in [0.3, 0.4) is 0 Å². The number of carbonyl (C=O) groups excluding carboxylic acids is 2. The van der Waals surface area contributed by atoms with Crippen molar-refractivity contribution in [3.05, 3.63) is 144 Å². The van der Waals surface area contributed by atoms with Gasteiger partial charge in [0.05, 0.1) is 102 Å². The first-order valence-electron chi connectivity index (χ1n) is 44.0. The van der Waals surface area contributed by atoms with Crippen molar-refractivity contribution in [2.45, 2.75) is 348 Å². The molecule has 0 saturated carbocycles. The number of nitrogens with zero attached hydrogens (tertiary/aromatic N) is 2. The van der Waals surface area contributed by atoms with Gasteiger partial charge in [0.1, 0.15) is 59.8 Å². The highest BCUT2D eigenvalue weighted by atomic mass is 28.4. The standard InChI is InChI=1S/C96H162N2O20Si4/c1-67(61-109-63-69-45-49-71(101-19)50-46-69)81(107-25)57-83-95(15,16)85(117-121(31,32)93(9,10)11)59-87-97-77(65-111-87)79(105-23)43-39-36-38-42-74(104-22)54-76(116-120(29,30)92(6,7)8)56-90(100)114-84(58-82(108-26)68(2)62-110-64-70-47-51-72(102-20)52-48-70)96(17,18)86(118-122(33,34)94(12,13)14)60-88-98-78(66-112-88)80(106-24)44-40-35-37-41-73(103-21)53-75(55-89(99)113-83)115-119(27,28)91(3,4)5/h35-42,45-52,65-68,73-76,79-86H,43-44,53-64H2,1-34H3/b39-36+,40-35+,41-37+,42-38+/t67-,68-,73?,74?,75?,76?,79?,80?,81-,82-,83?,84?,85-,86-/m0/s1. The number of hydrogen-bond acceptors (Lipinski definition) is 22. The molecule has 8 unspecified atom stereocenters. The van der Waals surface area contributed by atoms with Crippen LogP contribution in [0, 0.1) is 22.7 Å². The lowest BCUT2D eigenvalue weighted by Gasteiger charge is -2.47. The molecule has 26 heteroatoms. The average molecular weight is 1780 g/mol. The van der Waals surface area contributed by atoms with E-state index in [4.69, 9.17) is 93.3 Å². The molecule has 0 amide bonds. The highest BCUT2D eigenvalue weighted by molar-refractivity contribution is 6.75. The molecular formula is C96H162N2O20Si4. The second-order valence-electron chi connectivity index (χ2n) is 40.7. The summed E-state index contributed by atoms with van der Waals surface area (Å²) in [6.07, 6.45) is 15.2. The molecule has 0 spiro atoms. The van der Waals surface area contributed by atoms with Gasteiger partial charge in [-0.25, -0.2) is 9.97 Å². The van der Waals surface area contributed by atoms with E-state index in [2.05, 4.69) is 177 Å². The number of rotatable bonds is 30. The molecule has 692 valence electrons. The van der Waals surface area contributed by atoms with Crippen molar-refractivity contribution < 1.29 is 93.0 Å². The van der Waals surface area contributed by atoms with Gasteiger partial charge in [-0.1, -0.05) is 198 Å². The number of cyclic esters (lactones) is 2. The number of methoxy groups -OCH3 is 8.